The molecule has 1 aliphatic rings. The summed E-state index contributed by atoms with van der Waals surface area (Å²) in [6, 6.07) is 0.445. The Morgan fingerprint density at radius 2 is 2.17 bits per heavy atom. The van der Waals surface area contributed by atoms with Crippen molar-refractivity contribution >= 4 is 47.2 Å². The van der Waals surface area contributed by atoms with E-state index in [0.29, 0.717) is 19.0 Å². The number of guanidine groups is 1. The van der Waals surface area contributed by atoms with Gasteiger partial charge in [0.2, 0.25) is 5.91 Å². The molecule has 0 saturated heterocycles. The quantitative estimate of drug-likeness (QED) is 0.227. The molecular formula is C16H28IN5OS. The Morgan fingerprint density at radius 3 is 2.79 bits per heavy atom. The molecule has 0 bridgehead atoms. The number of nitrogens with zero attached hydrogens (tertiary/aromatic N) is 2. The Balaban J connectivity index is 0.00000288. The molecule has 1 aromatic rings. The van der Waals surface area contributed by atoms with Crippen LogP contribution in [-0.4, -0.2) is 36.0 Å². The fourth-order valence-electron chi connectivity index (χ4n) is 2.06. The maximum atomic E-state index is 11.6. The third-order valence-electron chi connectivity index (χ3n) is 3.48. The molecule has 1 saturated carbocycles. The molecule has 6 nitrogen and oxygen atoms in total. The summed E-state index contributed by atoms with van der Waals surface area (Å²) in [6.07, 6.45) is 6.59. The number of halogens is 1. The van der Waals surface area contributed by atoms with Crippen LogP contribution in [-0.2, 0) is 17.8 Å². The van der Waals surface area contributed by atoms with Crippen LogP contribution >= 0.6 is 35.3 Å². The fraction of sp³-hybridized carbons (Fsp3) is 0.688. The first-order valence-electron chi connectivity index (χ1n) is 8.46. The summed E-state index contributed by atoms with van der Waals surface area (Å²) in [6.45, 7) is 6.31. The minimum atomic E-state index is 0. The second-order valence-corrected chi connectivity index (χ2v) is 6.84. The van der Waals surface area contributed by atoms with E-state index in [1.54, 1.807) is 11.3 Å². The normalized spacial score (nSPS) is 14.0. The fourth-order valence-corrected chi connectivity index (χ4v) is 2.84. The molecule has 0 unspecified atom stereocenters. The van der Waals surface area contributed by atoms with Gasteiger partial charge in [0.25, 0.3) is 0 Å². The minimum absolute atomic E-state index is 0. The summed E-state index contributed by atoms with van der Waals surface area (Å²) >= 11 is 1.71. The van der Waals surface area contributed by atoms with Gasteiger partial charge in [-0.25, -0.2) is 9.98 Å². The van der Waals surface area contributed by atoms with Gasteiger partial charge < -0.3 is 16.0 Å². The second kappa shape index (κ2) is 11.6. The lowest BCUT2D eigenvalue weighted by Gasteiger charge is -2.10. The van der Waals surface area contributed by atoms with Gasteiger partial charge in [-0.15, -0.1) is 35.3 Å². The number of aromatic nitrogens is 1. The van der Waals surface area contributed by atoms with Gasteiger partial charge >= 0.3 is 0 Å². The third-order valence-corrected chi connectivity index (χ3v) is 4.61. The molecule has 0 aromatic carbocycles. The first-order chi connectivity index (χ1) is 11.2. The van der Waals surface area contributed by atoms with Crippen molar-refractivity contribution in [3.05, 3.63) is 16.1 Å². The lowest BCUT2D eigenvalue weighted by molar-refractivity contribution is -0.121. The van der Waals surface area contributed by atoms with Gasteiger partial charge in [-0.3, -0.25) is 4.79 Å². The number of nitrogens with one attached hydrogen (secondary N) is 3. The van der Waals surface area contributed by atoms with Crippen LogP contribution in [0.5, 0.6) is 0 Å². The molecule has 0 radical (unpaired) electrons. The predicted molar refractivity (Wildman–Crippen MR) is 110 cm³/mol. The zero-order valence-electron chi connectivity index (χ0n) is 14.4. The number of carbonyl (C=O) groups is 1. The highest BCUT2D eigenvalue weighted by Crippen LogP contribution is 2.18. The highest BCUT2D eigenvalue weighted by Gasteiger charge is 2.22. The molecule has 1 amide bonds. The van der Waals surface area contributed by atoms with Crippen molar-refractivity contribution in [2.45, 2.75) is 58.5 Å². The molecule has 1 aliphatic carbocycles. The molecule has 1 aromatic heterocycles. The number of hydrogen-bond acceptors (Lipinski definition) is 4. The lowest BCUT2D eigenvalue weighted by atomic mass is 10.3. The smallest absolute Gasteiger partial charge is 0.220 e. The molecule has 0 aliphatic heterocycles. The molecule has 0 atom stereocenters. The highest BCUT2D eigenvalue weighted by atomic mass is 127. The number of thiazole rings is 1. The van der Waals surface area contributed by atoms with Crippen LogP contribution in [0.15, 0.2) is 11.2 Å². The van der Waals surface area contributed by atoms with E-state index < -0.39 is 0 Å². The van der Waals surface area contributed by atoms with Crippen molar-refractivity contribution in [2.24, 2.45) is 4.99 Å². The standard InChI is InChI=1S/C16H27N5OS.HI/c1-3-13-10-19-15(23-13)11-20-16(17-4-2)18-9-5-6-14(22)21-12-7-8-12;/h10,12H,3-9,11H2,1-2H3,(H,21,22)(H2,17,18,20);1H. The first kappa shape index (κ1) is 21.1. The molecule has 3 N–H and O–H groups in total. The van der Waals surface area contributed by atoms with Gasteiger partial charge in [-0.1, -0.05) is 6.92 Å². The molecule has 1 fully saturated rings. The molecular weight excluding hydrogens is 437 g/mol. The SMILES string of the molecule is CCNC(=NCc1ncc(CC)s1)NCCCC(=O)NC1CC1.I. The average molecular weight is 465 g/mol. The number of amides is 1. The van der Waals surface area contributed by atoms with Crippen LogP contribution in [0, 0.1) is 0 Å². The van der Waals surface area contributed by atoms with Crippen LogP contribution in [0.25, 0.3) is 0 Å². The van der Waals surface area contributed by atoms with Crippen LogP contribution in [0.2, 0.25) is 0 Å². The zero-order chi connectivity index (χ0) is 16.5. The van der Waals surface area contributed by atoms with Gasteiger partial charge in [0.15, 0.2) is 5.96 Å². The summed E-state index contributed by atoms with van der Waals surface area (Å²) in [5.41, 5.74) is 0. The van der Waals surface area contributed by atoms with Gasteiger partial charge in [0.05, 0.1) is 6.54 Å². The van der Waals surface area contributed by atoms with Crippen molar-refractivity contribution < 1.29 is 4.79 Å². The topological polar surface area (TPSA) is 78.4 Å². The molecule has 0 spiro atoms. The number of aliphatic imine (C=N–C) groups is 1. The molecule has 1 heterocycles. The maximum absolute atomic E-state index is 11.6. The van der Waals surface area contributed by atoms with Gasteiger partial charge in [-0.05, 0) is 32.6 Å². The molecule has 24 heavy (non-hydrogen) atoms. The lowest BCUT2D eigenvalue weighted by Crippen LogP contribution is -2.38. The van der Waals surface area contributed by atoms with E-state index in [4.69, 9.17) is 0 Å². The third kappa shape index (κ3) is 8.27. The number of carbonyl (C=O) groups excluding carboxylic acids is 1. The van der Waals surface area contributed by atoms with E-state index in [-0.39, 0.29) is 29.9 Å². The van der Waals surface area contributed by atoms with E-state index in [1.807, 2.05) is 13.1 Å². The Labute approximate surface area is 165 Å². The summed E-state index contributed by atoms with van der Waals surface area (Å²) in [5.74, 6) is 0.939. The molecule has 8 heteroatoms. The zero-order valence-corrected chi connectivity index (χ0v) is 17.6. The van der Waals surface area contributed by atoms with E-state index in [9.17, 15) is 4.79 Å². The van der Waals surface area contributed by atoms with Gasteiger partial charge in [0, 0.05) is 36.6 Å². The van der Waals surface area contributed by atoms with E-state index in [2.05, 4.69) is 32.9 Å². The van der Waals surface area contributed by atoms with Crippen molar-refractivity contribution in [3.63, 3.8) is 0 Å². The minimum Gasteiger partial charge on any atom is -0.357 e. The van der Waals surface area contributed by atoms with Gasteiger partial charge in [0.1, 0.15) is 5.01 Å². The number of aryl methyl sites for hydroxylation is 1. The average Bonchev–Trinajstić information content (AvgIpc) is 3.23. The van der Waals surface area contributed by atoms with Crippen LogP contribution < -0.4 is 16.0 Å². The number of rotatable bonds is 9. The first-order valence-corrected chi connectivity index (χ1v) is 9.28. The van der Waals surface area contributed by atoms with Crippen molar-refractivity contribution in [2.75, 3.05) is 13.1 Å². The number of hydrogen-bond donors (Lipinski definition) is 3. The van der Waals surface area contributed by atoms with Crippen molar-refractivity contribution in [1.29, 1.82) is 0 Å². The predicted octanol–water partition coefficient (Wildman–Crippen LogP) is 2.44. The summed E-state index contributed by atoms with van der Waals surface area (Å²) in [7, 11) is 0. The Morgan fingerprint density at radius 1 is 1.38 bits per heavy atom. The molecule has 2 rings (SSSR count). The Hall–Kier alpha value is -0.900. The van der Waals surface area contributed by atoms with E-state index in [0.717, 1.165) is 49.7 Å². The van der Waals surface area contributed by atoms with E-state index in [1.165, 1.54) is 4.88 Å². The highest BCUT2D eigenvalue weighted by molar-refractivity contribution is 14.0. The Kier molecular flexibility index (Phi) is 10.2. The molecule has 136 valence electrons. The Bertz CT molecular complexity index is 530. The van der Waals surface area contributed by atoms with Gasteiger partial charge in [-0.2, -0.15) is 0 Å². The monoisotopic (exact) mass is 465 g/mol. The van der Waals surface area contributed by atoms with Crippen molar-refractivity contribution in [1.82, 2.24) is 20.9 Å². The van der Waals surface area contributed by atoms with Crippen molar-refractivity contribution in [3.8, 4) is 0 Å². The summed E-state index contributed by atoms with van der Waals surface area (Å²) in [4.78, 5) is 21.8. The van der Waals surface area contributed by atoms with Crippen LogP contribution in [0.1, 0.15) is 49.4 Å². The van der Waals surface area contributed by atoms with E-state index >= 15 is 0 Å². The second-order valence-electron chi connectivity index (χ2n) is 5.64. The van der Waals surface area contributed by atoms with Crippen LogP contribution in [0.3, 0.4) is 0 Å². The summed E-state index contributed by atoms with van der Waals surface area (Å²) < 4.78 is 0. The summed E-state index contributed by atoms with van der Waals surface area (Å²) in [5, 5.41) is 10.5. The van der Waals surface area contributed by atoms with Crippen LogP contribution in [0.4, 0.5) is 0 Å². The maximum Gasteiger partial charge on any atom is 0.220 e. The largest absolute Gasteiger partial charge is 0.357 e.